The molecule has 1 amide bonds. The number of likely N-dealkylation sites (N-methyl/N-ethyl adjacent to an activating group) is 1. The summed E-state index contributed by atoms with van der Waals surface area (Å²) >= 11 is 0. The highest BCUT2D eigenvalue weighted by atomic mass is 16.4. The number of benzene rings is 1. The maximum Gasteiger partial charge on any atom is 0.326 e. The Kier molecular flexibility index (Phi) is 7.75. The van der Waals surface area contributed by atoms with Crippen molar-refractivity contribution < 1.29 is 14.7 Å². The van der Waals surface area contributed by atoms with Gasteiger partial charge in [0.1, 0.15) is 12.1 Å². The van der Waals surface area contributed by atoms with Crippen molar-refractivity contribution in [1.82, 2.24) is 10.2 Å². The zero-order valence-electron chi connectivity index (χ0n) is 14.5. The van der Waals surface area contributed by atoms with Crippen LogP contribution in [0.15, 0.2) is 30.3 Å². The number of nitrogens with zero attached hydrogens (tertiary/aromatic N) is 1. The van der Waals surface area contributed by atoms with E-state index in [1.54, 1.807) is 0 Å². The standard InChI is InChI=1S/C18H28N2O3/c1-5-20(6-2)16(14-10-8-7-9-11-14)17(21)19-15(18(22)23)12-13(3)4/h7-11,13,15-16H,5-6,12H2,1-4H3,(H,19,21)(H,22,23)/t15-,16?/m1/s1. The number of nitrogens with one attached hydrogen (secondary N) is 1. The maximum atomic E-state index is 12.8. The van der Waals surface area contributed by atoms with E-state index in [-0.39, 0.29) is 11.8 Å². The van der Waals surface area contributed by atoms with Crippen molar-refractivity contribution in [3.63, 3.8) is 0 Å². The average molecular weight is 320 g/mol. The lowest BCUT2D eigenvalue weighted by Gasteiger charge is -2.30. The lowest BCUT2D eigenvalue weighted by Crippen LogP contribution is -2.47. The van der Waals surface area contributed by atoms with Gasteiger partial charge in [-0.3, -0.25) is 9.69 Å². The van der Waals surface area contributed by atoms with Crippen molar-refractivity contribution in [2.45, 2.75) is 46.2 Å². The summed E-state index contributed by atoms with van der Waals surface area (Å²) in [6.45, 7) is 9.31. The van der Waals surface area contributed by atoms with Crippen LogP contribution in [0, 0.1) is 5.92 Å². The highest BCUT2D eigenvalue weighted by Crippen LogP contribution is 2.21. The molecule has 128 valence electrons. The van der Waals surface area contributed by atoms with Gasteiger partial charge in [0.2, 0.25) is 5.91 Å². The van der Waals surface area contributed by atoms with E-state index in [1.807, 2.05) is 62.9 Å². The van der Waals surface area contributed by atoms with E-state index in [4.69, 9.17) is 0 Å². The second-order valence-electron chi connectivity index (χ2n) is 6.06. The van der Waals surface area contributed by atoms with Gasteiger partial charge in [-0.2, -0.15) is 0 Å². The second-order valence-corrected chi connectivity index (χ2v) is 6.06. The molecule has 2 atom stereocenters. The summed E-state index contributed by atoms with van der Waals surface area (Å²) < 4.78 is 0. The van der Waals surface area contributed by atoms with Crippen LogP contribution in [-0.4, -0.2) is 41.0 Å². The normalized spacial score (nSPS) is 13.8. The number of amides is 1. The van der Waals surface area contributed by atoms with Gasteiger partial charge in [-0.05, 0) is 31.0 Å². The van der Waals surface area contributed by atoms with Crippen LogP contribution in [0.1, 0.15) is 45.7 Å². The van der Waals surface area contributed by atoms with Gasteiger partial charge in [-0.15, -0.1) is 0 Å². The Morgan fingerprint density at radius 3 is 2.13 bits per heavy atom. The topological polar surface area (TPSA) is 69.6 Å². The van der Waals surface area contributed by atoms with E-state index >= 15 is 0 Å². The smallest absolute Gasteiger partial charge is 0.326 e. The SMILES string of the molecule is CCN(CC)C(C(=O)N[C@H](CC(C)C)C(=O)O)c1ccccc1. The fourth-order valence-electron chi connectivity index (χ4n) is 2.70. The molecule has 23 heavy (non-hydrogen) atoms. The molecule has 0 bridgehead atoms. The lowest BCUT2D eigenvalue weighted by molar-refractivity contribution is -0.143. The number of carbonyl (C=O) groups excluding carboxylic acids is 1. The largest absolute Gasteiger partial charge is 0.480 e. The molecule has 0 aliphatic carbocycles. The van der Waals surface area contributed by atoms with Crippen LogP contribution < -0.4 is 5.32 Å². The first-order chi connectivity index (χ1) is 10.9. The van der Waals surface area contributed by atoms with E-state index in [9.17, 15) is 14.7 Å². The Balaban J connectivity index is 3.01. The maximum absolute atomic E-state index is 12.8. The number of hydrogen-bond donors (Lipinski definition) is 2. The predicted octanol–water partition coefficient (Wildman–Crippen LogP) is 2.68. The minimum atomic E-state index is -0.988. The molecule has 0 radical (unpaired) electrons. The van der Waals surface area contributed by atoms with Gasteiger partial charge >= 0.3 is 5.97 Å². The van der Waals surface area contributed by atoms with E-state index in [2.05, 4.69) is 5.32 Å². The summed E-state index contributed by atoms with van der Waals surface area (Å²) in [7, 11) is 0. The summed E-state index contributed by atoms with van der Waals surface area (Å²) in [5.74, 6) is -1.05. The number of carboxylic acid groups (broad SMARTS) is 1. The third-order valence-electron chi connectivity index (χ3n) is 3.86. The van der Waals surface area contributed by atoms with Gasteiger partial charge in [0.25, 0.3) is 0 Å². The first-order valence-electron chi connectivity index (χ1n) is 8.22. The molecule has 0 aliphatic heterocycles. The fraction of sp³-hybridized carbons (Fsp3) is 0.556. The molecule has 1 aromatic carbocycles. The average Bonchev–Trinajstić information content (AvgIpc) is 2.51. The number of carbonyl (C=O) groups is 2. The molecular formula is C18H28N2O3. The Morgan fingerprint density at radius 1 is 1.13 bits per heavy atom. The second kappa shape index (κ2) is 9.30. The Labute approximate surface area is 138 Å². The van der Waals surface area contributed by atoms with Gasteiger partial charge in [0.05, 0.1) is 0 Å². The molecule has 1 rings (SSSR count). The van der Waals surface area contributed by atoms with Crippen molar-refractivity contribution >= 4 is 11.9 Å². The number of carboxylic acids is 1. The molecule has 0 saturated carbocycles. The van der Waals surface area contributed by atoms with Crippen LogP contribution in [0.25, 0.3) is 0 Å². The molecule has 5 heteroatoms. The fourth-order valence-corrected chi connectivity index (χ4v) is 2.70. The van der Waals surface area contributed by atoms with Crippen molar-refractivity contribution in [2.24, 2.45) is 5.92 Å². The molecule has 1 aromatic rings. The summed E-state index contributed by atoms with van der Waals surface area (Å²) in [6, 6.07) is 8.16. The third kappa shape index (κ3) is 5.67. The first-order valence-corrected chi connectivity index (χ1v) is 8.22. The van der Waals surface area contributed by atoms with E-state index in [0.29, 0.717) is 19.5 Å². The Hall–Kier alpha value is -1.88. The monoisotopic (exact) mass is 320 g/mol. The number of hydrogen-bond acceptors (Lipinski definition) is 3. The van der Waals surface area contributed by atoms with Crippen LogP contribution in [-0.2, 0) is 9.59 Å². The van der Waals surface area contributed by atoms with E-state index in [1.165, 1.54) is 0 Å². The van der Waals surface area contributed by atoms with Gasteiger partial charge in [0, 0.05) is 0 Å². The van der Waals surface area contributed by atoms with Crippen molar-refractivity contribution in [1.29, 1.82) is 0 Å². The van der Waals surface area contributed by atoms with Crippen LogP contribution in [0.4, 0.5) is 0 Å². The minimum absolute atomic E-state index is 0.194. The van der Waals surface area contributed by atoms with Gasteiger partial charge < -0.3 is 10.4 Å². The van der Waals surface area contributed by atoms with Gasteiger partial charge in [-0.25, -0.2) is 4.79 Å². The first kappa shape index (κ1) is 19.2. The van der Waals surface area contributed by atoms with Crippen LogP contribution in [0.3, 0.4) is 0 Å². The molecule has 5 nitrogen and oxygen atoms in total. The zero-order chi connectivity index (χ0) is 17.4. The summed E-state index contributed by atoms with van der Waals surface area (Å²) in [4.78, 5) is 26.2. The molecule has 2 N–H and O–H groups in total. The van der Waals surface area contributed by atoms with Crippen molar-refractivity contribution in [3.05, 3.63) is 35.9 Å². The summed E-state index contributed by atoms with van der Waals surface area (Å²) in [5, 5.41) is 12.1. The highest BCUT2D eigenvalue weighted by molar-refractivity contribution is 5.87. The quantitative estimate of drug-likeness (QED) is 0.734. The molecule has 0 aliphatic rings. The molecule has 1 unspecified atom stereocenters. The molecule has 0 saturated heterocycles. The van der Waals surface area contributed by atoms with E-state index < -0.39 is 18.1 Å². The highest BCUT2D eigenvalue weighted by Gasteiger charge is 2.29. The Morgan fingerprint density at radius 2 is 1.70 bits per heavy atom. The van der Waals surface area contributed by atoms with Crippen LogP contribution in [0.2, 0.25) is 0 Å². The number of aliphatic carboxylic acids is 1. The van der Waals surface area contributed by atoms with E-state index in [0.717, 1.165) is 5.56 Å². The van der Waals surface area contributed by atoms with Gasteiger partial charge in [0.15, 0.2) is 0 Å². The third-order valence-corrected chi connectivity index (χ3v) is 3.86. The summed E-state index contributed by atoms with van der Waals surface area (Å²) in [5.41, 5.74) is 0.877. The minimum Gasteiger partial charge on any atom is -0.480 e. The van der Waals surface area contributed by atoms with Crippen LogP contribution in [0.5, 0.6) is 0 Å². The van der Waals surface area contributed by atoms with Crippen LogP contribution >= 0.6 is 0 Å². The molecule has 0 heterocycles. The molecule has 0 fully saturated rings. The molecule has 0 aromatic heterocycles. The predicted molar refractivity (Wildman–Crippen MR) is 91.1 cm³/mol. The zero-order valence-corrected chi connectivity index (χ0v) is 14.5. The molecule has 0 spiro atoms. The van der Waals surface area contributed by atoms with Gasteiger partial charge in [-0.1, -0.05) is 58.0 Å². The Bertz CT molecular complexity index is 498. The molecular weight excluding hydrogens is 292 g/mol. The van der Waals surface area contributed by atoms with Crippen molar-refractivity contribution in [2.75, 3.05) is 13.1 Å². The lowest BCUT2D eigenvalue weighted by atomic mass is 10.0. The number of rotatable bonds is 9. The summed E-state index contributed by atoms with van der Waals surface area (Å²) in [6.07, 6.45) is 0.417. The van der Waals surface area contributed by atoms with Crippen molar-refractivity contribution in [3.8, 4) is 0 Å².